The van der Waals surface area contributed by atoms with Crippen LogP contribution < -0.4 is 5.73 Å². The number of esters is 1. The molecule has 0 amide bonds. The average Bonchev–Trinajstić information content (AvgIpc) is 2.62. The summed E-state index contributed by atoms with van der Waals surface area (Å²) in [5.74, 6) is -1.87. The van der Waals surface area contributed by atoms with E-state index < -0.39 is 23.6 Å². The topological polar surface area (TPSA) is 52.3 Å². The molecule has 0 aliphatic heterocycles. The molecule has 0 bridgehead atoms. The van der Waals surface area contributed by atoms with Gasteiger partial charge in [0.2, 0.25) is 0 Å². The summed E-state index contributed by atoms with van der Waals surface area (Å²) in [5, 5.41) is 0. The lowest BCUT2D eigenvalue weighted by Gasteiger charge is -2.20. The molecule has 0 aliphatic rings. The van der Waals surface area contributed by atoms with Gasteiger partial charge in [0.1, 0.15) is 17.7 Å². The molecule has 0 saturated heterocycles. The van der Waals surface area contributed by atoms with Crippen LogP contribution >= 0.6 is 0 Å². The lowest BCUT2D eigenvalue weighted by Crippen LogP contribution is -2.30. The van der Waals surface area contributed by atoms with E-state index in [9.17, 15) is 13.6 Å². The summed E-state index contributed by atoms with van der Waals surface area (Å²) in [4.78, 5) is 11.6. The van der Waals surface area contributed by atoms with E-state index >= 15 is 0 Å². The predicted molar refractivity (Wildman–Crippen MR) is 103 cm³/mol. The van der Waals surface area contributed by atoms with Crippen LogP contribution in [0.3, 0.4) is 0 Å². The van der Waals surface area contributed by atoms with Gasteiger partial charge in [-0.05, 0) is 40.7 Å². The van der Waals surface area contributed by atoms with Gasteiger partial charge in [-0.15, -0.1) is 0 Å². The third-order valence-corrected chi connectivity index (χ3v) is 4.36. The number of rotatable bonds is 5. The fourth-order valence-corrected chi connectivity index (χ4v) is 2.73. The Labute approximate surface area is 158 Å². The molecule has 2 aromatic carbocycles. The van der Waals surface area contributed by atoms with Gasteiger partial charge in [-0.25, -0.2) is 8.78 Å². The Balaban J connectivity index is 2.48. The second kappa shape index (κ2) is 8.44. The summed E-state index contributed by atoms with van der Waals surface area (Å²) in [6, 6.07) is 10.3. The molecule has 0 radical (unpaired) electrons. The number of methoxy groups -OCH3 is 1. The number of ether oxygens (including phenoxy) is 1. The van der Waals surface area contributed by atoms with Gasteiger partial charge >= 0.3 is 5.97 Å². The first-order valence-corrected chi connectivity index (χ1v) is 8.73. The molecule has 2 N–H and O–H groups in total. The normalized spacial score (nSPS) is 13.4. The van der Waals surface area contributed by atoms with Crippen molar-refractivity contribution in [1.29, 1.82) is 0 Å². The molecule has 144 valence electrons. The minimum Gasteiger partial charge on any atom is -0.468 e. The molecule has 0 aliphatic carbocycles. The van der Waals surface area contributed by atoms with E-state index in [1.165, 1.54) is 19.2 Å². The van der Waals surface area contributed by atoms with Crippen LogP contribution in [0.2, 0.25) is 0 Å². The lowest BCUT2D eigenvalue weighted by atomic mass is 9.85. The van der Waals surface area contributed by atoms with Crippen LogP contribution in [0.1, 0.15) is 43.9 Å². The Bertz CT molecular complexity index is 836. The Kier molecular flexibility index (Phi) is 6.50. The second-order valence-electron chi connectivity index (χ2n) is 7.43. The van der Waals surface area contributed by atoms with E-state index in [-0.39, 0.29) is 17.4 Å². The van der Waals surface area contributed by atoms with Crippen molar-refractivity contribution < 1.29 is 18.3 Å². The summed E-state index contributed by atoms with van der Waals surface area (Å²) < 4.78 is 32.4. The molecule has 0 saturated carbocycles. The van der Waals surface area contributed by atoms with E-state index in [0.717, 1.165) is 17.2 Å². The molecule has 0 heterocycles. The van der Waals surface area contributed by atoms with Gasteiger partial charge in [0.15, 0.2) is 0 Å². The van der Waals surface area contributed by atoms with Crippen molar-refractivity contribution in [3.8, 4) is 0 Å². The Morgan fingerprint density at radius 3 is 2.30 bits per heavy atom. The zero-order chi connectivity index (χ0) is 20.2. The SMILES string of the molecule is COC(=O)C(N)CC=C(c1ccc(C(C)(C)C)cc1)c1ccc(F)cc1F. The fourth-order valence-electron chi connectivity index (χ4n) is 2.73. The summed E-state index contributed by atoms with van der Waals surface area (Å²) in [6.45, 7) is 6.31. The van der Waals surface area contributed by atoms with Crippen molar-refractivity contribution in [3.05, 3.63) is 76.9 Å². The Hall–Kier alpha value is -2.53. The molecule has 2 rings (SSSR count). The number of halogens is 2. The standard InChI is InChI=1S/C22H25F2NO2/c1-22(2,3)15-7-5-14(6-8-15)17(11-12-20(25)21(26)27-4)18-10-9-16(23)13-19(18)24/h5-11,13,20H,12,25H2,1-4H3. The van der Waals surface area contributed by atoms with Crippen LogP contribution in [-0.2, 0) is 14.9 Å². The number of hydrogen-bond acceptors (Lipinski definition) is 3. The zero-order valence-electron chi connectivity index (χ0n) is 16.1. The van der Waals surface area contributed by atoms with Crippen molar-refractivity contribution >= 4 is 11.5 Å². The third kappa shape index (κ3) is 5.23. The molecule has 3 nitrogen and oxygen atoms in total. The number of carbonyl (C=O) groups is 1. The zero-order valence-corrected chi connectivity index (χ0v) is 16.1. The molecule has 2 aromatic rings. The van der Waals surface area contributed by atoms with Gasteiger partial charge in [0.05, 0.1) is 7.11 Å². The highest BCUT2D eigenvalue weighted by molar-refractivity contribution is 5.81. The molecular formula is C22H25F2NO2. The third-order valence-electron chi connectivity index (χ3n) is 4.36. The average molecular weight is 373 g/mol. The highest BCUT2D eigenvalue weighted by atomic mass is 19.1. The molecule has 27 heavy (non-hydrogen) atoms. The highest BCUT2D eigenvalue weighted by Gasteiger charge is 2.17. The van der Waals surface area contributed by atoms with Crippen LogP contribution in [0.4, 0.5) is 8.78 Å². The molecule has 0 spiro atoms. The number of nitrogens with two attached hydrogens (primary N) is 1. The van der Waals surface area contributed by atoms with Crippen molar-refractivity contribution in [2.75, 3.05) is 7.11 Å². The van der Waals surface area contributed by atoms with Crippen LogP contribution in [0.15, 0.2) is 48.5 Å². The lowest BCUT2D eigenvalue weighted by molar-refractivity contribution is -0.142. The van der Waals surface area contributed by atoms with Gasteiger partial charge in [0, 0.05) is 11.6 Å². The van der Waals surface area contributed by atoms with E-state index in [2.05, 4.69) is 25.5 Å². The van der Waals surface area contributed by atoms with E-state index in [1.54, 1.807) is 6.08 Å². The summed E-state index contributed by atoms with van der Waals surface area (Å²) in [5.41, 5.74) is 8.47. The number of hydrogen-bond donors (Lipinski definition) is 1. The van der Waals surface area contributed by atoms with Gasteiger partial charge in [0.25, 0.3) is 0 Å². The number of carbonyl (C=O) groups excluding carboxylic acids is 1. The van der Waals surface area contributed by atoms with Crippen LogP contribution in [0.25, 0.3) is 5.57 Å². The first-order valence-electron chi connectivity index (χ1n) is 8.73. The minimum atomic E-state index is -0.859. The summed E-state index contributed by atoms with van der Waals surface area (Å²) >= 11 is 0. The van der Waals surface area contributed by atoms with E-state index in [1.807, 2.05) is 24.3 Å². The maximum absolute atomic E-state index is 14.4. The molecule has 0 fully saturated rings. The Morgan fingerprint density at radius 2 is 1.78 bits per heavy atom. The quantitative estimate of drug-likeness (QED) is 0.780. The van der Waals surface area contributed by atoms with E-state index in [0.29, 0.717) is 5.57 Å². The minimum absolute atomic E-state index is 0.0171. The molecule has 0 aromatic heterocycles. The maximum Gasteiger partial charge on any atom is 0.322 e. The van der Waals surface area contributed by atoms with Crippen molar-refractivity contribution in [1.82, 2.24) is 0 Å². The molecule has 1 atom stereocenters. The van der Waals surface area contributed by atoms with Crippen molar-refractivity contribution in [3.63, 3.8) is 0 Å². The highest BCUT2D eigenvalue weighted by Crippen LogP contribution is 2.29. The molecule has 5 heteroatoms. The summed E-state index contributed by atoms with van der Waals surface area (Å²) in [7, 11) is 1.26. The second-order valence-corrected chi connectivity index (χ2v) is 7.43. The summed E-state index contributed by atoms with van der Waals surface area (Å²) in [6.07, 6.45) is 1.85. The van der Waals surface area contributed by atoms with E-state index in [4.69, 9.17) is 5.73 Å². The first kappa shape index (κ1) is 20.8. The van der Waals surface area contributed by atoms with Gasteiger partial charge in [-0.2, -0.15) is 0 Å². The molecule has 1 unspecified atom stereocenters. The Morgan fingerprint density at radius 1 is 1.15 bits per heavy atom. The number of benzene rings is 2. The van der Waals surface area contributed by atoms with Gasteiger partial charge in [-0.1, -0.05) is 51.1 Å². The van der Waals surface area contributed by atoms with Crippen LogP contribution in [-0.4, -0.2) is 19.1 Å². The fraction of sp³-hybridized carbons (Fsp3) is 0.318. The van der Waals surface area contributed by atoms with Crippen LogP contribution in [0.5, 0.6) is 0 Å². The van der Waals surface area contributed by atoms with Crippen molar-refractivity contribution in [2.45, 2.75) is 38.6 Å². The van der Waals surface area contributed by atoms with Crippen molar-refractivity contribution in [2.24, 2.45) is 5.73 Å². The van der Waals surface area contributed by atoms with Gasteiger partial charge < -0.3 is 10.5 Å². The largest absolute Gasteiger partial charge is 0.468 e. The predicted octanol–water partition coefficient (Wildman–Crippen LogP) is 4.58. The van der Waals surface area contributed by atoms with Crippen LogP contribution in [0, 0.1) is 11.6 Å². The molecular weight excluding hydrogens is 348 g/mol. The van der Waals surface area contributed by atoms with Gasteiger partial charge in [-0.3, -0.25) is 4.79 Å². The maximum atomic E-state index is 14.4. The first-order chi connectivity index (χ1) is 12.6. The smallest absolute Gasteiger partial charge is 0.322 e. The monoisotopic (exact) mass is 373 g/mol.